The molecule has 0 amide bonds. The summed E-state index contributed by atoms with van der Waals surface area (Å²) in [7, 11) is 0. The Morgan fingerprint density at radius 3 is 2.30 bits per heavy atom. The number of rotatable bonds is 8. The lowest BCUT2D eigenvalue weighted by molar-refractivity contribution is -0.128. The van der Waals surface area contributed by atoms with Crippen LogP contribution < -0.4 is 5.32 Å². The molecule has 0 radical (unpaired) electrons. The van der Waals surface area contributed by atoms with Crippen LogP contribution in [0.1, 0.15) is 86.0 Å². The van der Waals surface area contributed by atoms with E-state index in [0.29, 0.717) is 6.42 Å². The summed E-state index contributed by atoms with van der Waals surface area (Å²) in [5.74, 6) is 0.108. The smallest absolute Gasteiger partial charge is 0.154 e. The average molecular weight is 540 g/mol. The van der Waals surface area contributed by atoms with Gasteiger partial charge >= 0.3 is 0 Å². The third-order valence-electron chi connectivity index (χ3n) is 9.22. The first-order valence-electron chi connectivity index (χ1n) is 14.3. The van der Waals surface area contributed by atoms with Gasteiger partial charge in [0.1, 0.15) is 12.0 Å². The maximum Gasteiger partial charge on any atom is 0.154 e. The first-order chi connectivity index (χ1) is 17.3. The molecule has 0 bridgehead atoms. The highest BCUT2D eigenvalue weighted by atomic mass is 35.5. The molecule has 0 aliphatic heterocycles. The lowest BCUT2D eigenvalue weighted by Crippen LogP contribution is -2.53. The lowest BCUT2D eigenvalue weighted by atomic mass is 9.63. The minimum Gasteiger partial charge on any atom is -0.387 e. The zero-order valence-electron chi connectivity index (χ0n) is 23.3. The molecule has 1 saturated carbocycles. The molecule has 7 heteroatoms. The van der Waals surface area contributed by atoms with Crippen molar-refractivity contribution in [2.24, 2.45) is 40.9 Å². The molecule has 8 unspecified atom stereocenters. The highest BCUT2D eigenvalue weighted by molar-refractivity contribution is 6.21. The number of halogens is 1. The largest absolute Gasteiger partial charge is 0.387 e. The highest BCUT2D eigenvalue weighted by Crippen LogP contribution is 2.44. The number of aliphatic hydroxyl groups is 4. The number of hydrogen-bond acceptors (Lipinski definition) is 6. The summed E-state index contributed by atoms with van der Waals surface area (Å²) in [5, 5.41) is 45.4. The van der Waals surface area contributed by atoms with Crippen LogP contribution in [0.4, 0.5) is 0 Å². The average Bonchev–Trinajstić information content (AvgIpc) is 2.81. The number of carbonyl (C=O) groups excluding carboxylic acids is 1. The Bertz CT molecular complexity index is 825. The van der Waals surface area contributed by atoms with Crippen LogP contribution in [0, 0.1) is 40.9 Å². The van der Waals surface area contributed by atoms with E-state index in [1.807, 2.05) is 26.0 Å². The van der Waals surface area contributed by atoms with Crippen molar-refractivity contribution in [1.29, 1.82) is 0 Å². The number of hydrogen-bond donors (Lipinski definition) is 5. The van der Waals surface area contributed by atoms with Gasteiger partial charge in [-0.15, -0.1) is 11.6 Å². The molecule has 0 spiro atoms. The Balaban J connectivity index is 1.75. The van der Waals surface area contributed by atoms with Crippen LogP contribution >= 0.6 is 11.6 Å². The van der Waals surface area contributed by atoms with Crippen molar-refractivity contribution in [3.63, 3.8) is 0 Å². The minimum atomic E-state index is -1.39. The van der Waals surface area contributed by atoms with Crippen LogP contribution in [0.3, 0.4) is 0 Å². The van der Waals surface area contributed by atoms with Gasteiger partial charge in [-0.05, 0) is 79.6 Å². The second-order valence-electron chi connectivity index (χ2n) is 13.1. The minimum absolute atomic E-state index is 0.0144. The first-order valence-corrected chi connectivity index (χ1v) is 14.8. The van der Waals surface area contributed by atoms with E-state index in [2.05, 4.69) is 32.2 Å². The fraction of sp³-hybridized carbons (Fsp3) is 0.833. The van der Waals surface area contributed by atoms with E-state index in [0.717, 1.165) is 44.1 Å². The molecule has 3 aliphatic rings. The van der Waals surface area contributed by atoms with Crippen LogP contribution in [0.2, 0.25) is 0 Å². The quantitative estimate of drug-likeness (QED) is 0.176. The second-order valence-corrected chi connectivity index (χ2v) is 13.7. The lowest BCUT2D eigenvalue weighted by Gasteiger charge is -2.42. The van der Waals surface area contributed by atoms with Crippen molar-refractivity contribution in [2.75, 3.05) is 0 Å². The van der Waals surface area contributed by atoms with Crippen molar-refractivity contribution in [2.45, 2.75) is 116 Å². The Labute approximate surface area is 228 Å². The molecular weight excluding hydrogens is 490 g/mol. The van der Waals surface area contributed by atoms with Gasteiger partial charge in [0.25, 0.3) is 0 Å². The van der Waals surface area contributed by atoms with E-state index in [4.69, 9.17) is 11.6 Å². The summed E-state index contributed by atoms with van der Waals surface area (Å²) in [4.78, 5) is 13.7. The number of Topliss-reactive ketones (excluding diaryl/α,β-unsaturated/α-hetero) is 1. The van der Waals surface area contributed by atoms with Gasteiger partial charge in [-0.2, -0.15) is 0 Å². The first kappa shape index (κ1) is 30.8. The zero-order chi connectivity index (χ0) is 27.5. The topological polar surface area (TPSA) is 110 Å². The molecule has 3 aliphatic carbocycles. The van der Waals surface area contributed by atoms with Crippen molar-refractivity contribution in [3.8, 4) is 0 Å². The van der Waals surface area contributed by atoms with E-state index >= 15 is 0 Å². The molecule has 0 heterocycles. The molecule has 37 heavy (non-hydrogen) atoms. The fourth-order valence-corrected chi connectivity index (χ4v) is 7.37. The van der Waals surface area contributed by atoms with Crippen LogP contribution in [0.25, 0.3) is 0 Å². The predicted molar refractivity (Wildman–Crippen MR) is 148 cm³/mol. The summed E-state index contributed by atoms with van der Waals surface area (Å²) in [6.07, 6.45) is 8.71. The third kappa shape index (κ3) is 7.89. The molecule has 3 rings (SSSR count). The van der Waals surface area contributed by atoms with Crippen molar-refractivity contribution >= 4 is 17.4 Å². The number of nitrogens with one attached hydrogen (secondary N) is 1. The van der Waals surface area contributed by atoms with Crippen LogP contribution in [-0.2, 0) is 4.79 Å². The third-order valence-corrected chi connectivity index (χ3v) is 9.58. The molecule has 0 aromatic rings. The Hall–Kier alpha value is -0.760. The van der Waals surface area contributed by atoms with Crippen LogP contribution in [-0.4, -0.2) is 56.3 Å². The summed E-state index contributed by atoms with van der Waals surface area (Å²) < 4.78 is 0. The fourth-order valence-electron chi connectivity index (χ4n) is 7.16. The van der Waals surface area contributed by atoms with Gasteiger partial charge in [-0.1, -0.05) is 52.8 Å². The van der Waals surface area contributed by atoms with Gasteiger partial charge < -0.3 is 20.4 Å². The Morgan fingerprint density at radius 2 is 1.70 bits per heavy atom. The van der Waals surface area contributed by atoms with E-state index in [1.54, 1.807) is 0 Å². The summed E-state index contributed by atoms with van der Waals surface area (Å²) >= 11 is 6.28. The number of alkyl halides is 1. The SMILES string of the molecule is CC1CC(C(O)O)CC(C(O)N[C@H](C(C)C)C(O)C2=CCCC(C)(C)C(C3C=CC(Cl)CC3)C(=O)C2)C1. The summed E-state index contributed by atoms with van der Waals surface area (Å²) in [6.45, 7) is 10.4. The molecule has 0 aromatic carbocycles. The standard InChI is InChI=1S/C30H50ClNO5/c1-17(2)26(32-28(35)21-13-18(3)14-22(15-21)29(36)37)27(34)20-7-6-12-30(4,5)25(24(33)16-20)19-8-10-23(31)11-9-19/h7-8,10,17-19,21-23,25-29,32,34-37H,6,9,11-16H2,1-5H3/t18?,19?,21?,22?,23?,25?,26-,27?,28?/m1/s1. The number of aliphatic hydroxyl groups excluding tert-OH is 3. The molecular formula is C30H50ClNO5. The molecule has 5 N–H and O–H groups in total. The van der Waals surface area contributed by atoms with Gasteiger partial charge in [0.05, 0.1) is 11.5 Å². The molecule has 0 saturated heterocycles. The normalized spacial score (nSPS) is 35.6. The van der Waals surface area contributed by atoms with Crippen molar-refractivity contribution in [1.82, 2.24) is 5.32 Å². The highest BCUT2D eigenvalue weighted by Gasteiger charge is 2.42. The number of carbonyl (C=O) groups is 1. The maximum absolute atomic E-state index is 13.7. The van der Waals surface area contributed by atoms with E-state index in [1.165, 1.54) is 0 Å². The van der Waals surface area contributed by atoms with Crippen molar-refractivity contribution in [3.05, 3.63) is 23.8 Å². The van der Waals surface area contributed by atoms with Gasteiger partial charge in [0.2, 0.25) is 0 Å². The predicted octanol–water partition coefficient (Wildman–Crippen LogP) is 4.54. The van der Waals surface area contributed by atoms with Crippen LogP contribution in [0.15, 0.2) is 23.8 Å². The molecule has 6 nitrogen and oxygen atoms in total. The van der Waals surface area contributed by atoms with Gasteiger partial charge in [0, 0.05) is 24.3 Å². The Kier molecular flexibility index (Phi) is 10.9. The van der Waals surface area contributed by atoms with Crippen LogP contribution in [0.5, 0.6) is 0 Å². The maximum atomic E-state index is 13.7. The van der Waals surface area contributed by atoms with E-state index in [-0.39, 0.29) is 58.5 Å². The van der Waals surface area contributed by atoms with Gasteiger partial charge in [-0.25, -0.2) is 0 Å². The number of ketones is 1. The summed E-state index contributed by atoms with van der Waals surface area (Å²) in [6, 6.07) is -0.429. The molecule has 212 valence electrons. The van der Waals surface area contributed by atoms with E-state index < -0.39 is 24.7 Å². The summed E-state index contributed by atoms with van der Waals surface area (Å²) in [5.41, 5.74) is 0.592. The molecule has 1 fully saturated rings. The van der Waals surface area contributed by atoms with Gasteiger partial charge in [-0.3, -0.25) is 10.1 Å². The monoisotopic (exact) mass is 539 g/mol. The van der Waals surface area contributed by atoms with Crippen molar-refractivity contribution < 1.29 is 25.2 Å². The van der Waals surface area contributed by atoms with Gasteiger partial charge in [0.15, 0.2) is 6.29 Å². The zero-order valence-corrected chi connectivity index (χ0v) is 24.1. The molecule has 9 atom stereocenters. The number of allylic oxidation sites excluding steroid dienone is 3. The molecule has 0 aromatic heterocycles. The second kappa shape index (κ2) is 13.1. The van der Waals surface area contributed by atoms with E-state index in [9.17, 15) is 25.2 Å². The Morgan fingerprint density at radius 1 is 1.03 bits per heavy atom.